The fourth-order valence-corrected chi connectivity index (χ4v) is 3.73. The second kappa shape index (κ2) is 7.49. The monoisotopic (exact) mass is 319 g/mol. The molecule has 5 nitrogen and oxygen atoms in total. The molecule has 1 saturated carbocycles. The van der Waals surface area contributed by atoms with Crippen LogP contribution in [0.1, 0.15) is 61.3 Å². The van der Waals surface area contributed by atoms with Crippen molar-refractivity contribution < 1.29 is 9.21 Å². The standard InChI is InChI=1S/C18H29N3O2/c1-20(15-5-3-2-4-6-15)13-16-7-8-17(23-16)18(22)21-11-9-14(19)10-12-21/h7-8,14-15H,2-6,9-13,19H2,1H3. The van der Waals surface area contributed by atoms with Gasteiger partial charge in [-0.05, 0) is 44.9 Å². The average molecular weight is 319 g/mol. The van der Waals surface area contributed by atoms with Gasteiger partial charge < -0.3 is 15.1 Å². The second-order valence-electron chi connectivity index (χ2n) is 7.10. The van der Waals surface area contributed by atoms with Crippen LogP contribution in [0.2, 0.25) is 0 Å². The van der Waals surface area contributed by atoms with E-state index in [-0.39, 0.29) is 11.9 Å². The van der Waals surface area contributed by atoms with E-state index in [1.54, 1.807) is 0 Å². The minimum Gasteiger partial charge on any atom is -0.455 e. The largest absolute Gasteiger partial charge is 0.455 e. The molecule has 0 aromatic carbocycles. The summed E-state index contributed by atoms with van der Waals surface area (Å²) in [4.78, 5) is 16.7. The summed E-state index contributed by atoms with van der Waals surface area (Å²) in [7, 11) is 2.16. The Labute approximate surface area is 138 Å². The molecule has 3 rings (SSSR count). The highest BCUT2D eigenvalue weighted by Gasteiger charge is 2.24. The predicted octanol–water partition coefficient (Wildman–Crippen LogP) is 2.61. The number of furan rings is 1. The van der Waals surface area contributed by atoms with Crippen LogP contribution in [-0.2, 0) is 6.54 Å². The fraction of sp³-hybridized carbons (Fsp3) is 0.722. The quantitative estimate of drug-likeness (QED) is 0.926. The number of rotatable bonds is 4. The van der Waals surface area contributed by atoms with Crippen molar-refractivity contribution in [1.82, 2.24) is 9.80 Å². The van der Waals surface area contributed by atoms with E-state index in [1.807, 2.05) is 17.0 Å². The summed E-state index contributed by atoms with van der Waals surface area (Å²) < 4.78 is 5.82. The van der Waals surface area contributed by atoms with Gasteiger partial charge in [0.15, 0.2) is 5.76 Å². The molecule has 0 unspecified atom stereocenters. The summed E-state index contributed by atoms with van der Waals surface area (Å²) in [5.41, 5.74) is 5.90. The van der Waals surface area contributed by atoms with Crippen LogP contribution >= 0.6 is 0 Å². The number of hydrogen-bond donors (Lipinski definition) is 1. The van der Waals surface area contributed by atoms with E-state index in [0.29, 0.717) is 11.8 Å². The topological polar surface area (TPSA) is 62.7 Å². The Morgan fingerprint density at radius 3 is 2.61 bits per heavy atom. The first-order chi connectivity index (χ1) is 11.1. The van der Waals surface area contributed by atoms with Gasteiger partial charge >= 0.3 is 0 Å². The van der Waals surface area contributed by atoms with E-state index < -0.39 is 0 Å². The molecular weight excluding hydrogens is 290 g/mol. The maximum Gasteiger partial charge on any atom is 0.289 e. The molecule has 5 heteroatoms. The molecule has 2 heterocycles. The summed E-state index contributed by atoms with van der Waals surface area (Å²) in [5.74, 6) is 1.35. The number of hydrogen-bond acceptors (Lipinski definition) is 4. The van der Waals surface area contributed by atoms with Crippen molar-refractivity contribution in [3.05, 3.63) is 23.7 Å². The third-order valence-corrected chi connectivity index (χ3v) is 5.30. The Hall–Kier alpha value is -1.33. The van der Waals surface area contributed by atoms with Gasteiger partial charge in [0.05, 0.1) is 6.54 Å². The van der Waals surface area contributed by atoms with Gasteiger partial charge in [-0.1, -0.05) is 19.3 Å². The van der Waals surface area contributed by atoms with Crippen molar-refractivity contribution in [2.24, 2.45) is 5.73 Å². The van der Waals surface area contributed by atoms with Crippen molar-refractivity contribution in [2.75, 3.05) is 20.1 Å². The molecule has 2 N–H and O–H groups in total. The van der Waals surface area contributed by atoms with Crippen LogP contribution in [0.25, 0.3) is 0 Å². The molecule has 1 aliphatic carbocycles. The van der Waals surface area contributed by atoms with Crippen LogP contribution in [-0.4, -0.2) is 47.9 Å². The van der Waals surface area contributed by atoms with E-state index in [4.69, 9.17) is 10.2 Å². The SMILES string of the molecule is CN(Cc1ccc(C(=O)N2CCC(N)CC2)o1)C1CCCCC1. The molecule has 0 bridgehead atoms. The molecular formula is C18H29N3O2. The van der Waals surface area contributed by atoms with Gasteiger partial charge in [0.25, 0.3) is 5.91 Å². The van der Waals surface area contributed by atoms with Gasteiger partial charge in [-0.15, -0.1) is 0 Å². The molecule has 23 heavy (non-hydrogen) atoms. The third kappa shape index (κ3) is 4.15. The highest BCUT2D eigenvalue weighted by atomic mass is 16.4. The van der Waals surface area contributed by atoms with E-state index in [2.05, 4.69) is 11.9 Å². The second-order valence-corrected chi connectivity index (χ2v) is 7.10. The van der Waals surface area contributed by atoms with Gasteiger partial charge in [-0.25, -0.2) is 0 Å². The molecule has 128 valence electrons. The van der Waals surface area contributed by atoms with E-state index in [1.165, 1.54) is 32.1 Å². The van der Waals surface area contributed by atoms with Gasteiger partial charge in [-0.3, -0.25) is 9.69 Å². The lowest BCUT2D eigenvalue weighted by molar-refractivity contribution is 0.0677. The zero-order chi connectivity index (χ0) is 16.2. The van der Waals surface area contributed by atoms with Crippen molar-refractivity contribution in [2.45, 2.75) is 63.6 Å². The highest BCUT2D eigenvalue weighted by Crippen LogP contribution is 2.23. The highest BCUT2D eigenvalue weighted by molar-refractivity contribution is 5.91. The summed E-state index contributed by atoms with van der Waals surface area (Å²) >= 11 is 0. The van der Waals surface area contributed by atoms with Crippen molar-refractivity contribution in [3.63, 3.8) is 0 Å². The summed E-state index contributed by atoms with van der Waals surface area (Å²) in [5, 5.41) is 0. The minimum absolute atomic E-state index is 0.00321. The first kappa shape index (κ1) is 16.5. The van der Waals surface area contributed by atoms with Crippen LogP contribution in [0.15, 0.2) is 16.5 Å². The maximum atomic E-state index is 12.5. The van der Waals surface area contributed by atoms with Crippen LogP contribution in [0.5, 0.6) is 0 Å². The number of carbonyl (C=O) groups excluding carboxylic acids is 1. The molecule has 1 aromatic heterocycles. The normalized spacial score (nSPS) is 21.1. The van der Waals surface area contributed by atoms with Gasteiger partial charge in [0.1, 0.15) is 5.76 Å². The van der Waals surface area contributed by atoms with E-state index >= 15 is 0 Å². The van der Waals surface area contributed by atoms with Crippen LogP contribution in [0.3, 0.4) is 0 Å². The Morgan fingerprint density at radius 1 is 1.22 bits per heavy atom. The molecule has 1 aromatic rings. The lowest BCUT2D eigenvalue weighted by Crippen LogP contribution is -2.42. The fourth-order valence-electron chi connectivity index (χ4n) is 3.73. The number of likely N-dealkylation sites (tertiary alicyclic amines) is 1. The van der Waals surface area contributed by atoms with Crippen molar-refractivity contribution >= 4 is 5.91 Å². The average Bonchev–Trinajstić information content (AvgIpc) is 3.04. The van der Waals surface area contributed by atoms with Crippen molar-refractivity contribution in [1.29, 1.82) is 0 Å². The van der Waals surface area contributed by atoms with Gasteiger partial charge in [-0.2, -0.15) is 0 Å². The molecule has 0 radical (unpaired) electrons. The van der Waals surface area contributed by atoms with Crippen LogP contribution < -0.4 is 5.73 Å². The zero-order valence-electron chi connectivity index (χ0n) is 14.2. The molecule has 1 aliphatic heterocycles. The first-order valence-corrected chi connectivity index (χ1v) is 8.97. The smallest absolute Gasteiger partial charge is 0.289 e. The third-order valence-electron chi connectivity index (χ3n) is 5.30. The van der Waals surface area contributed by atoms with Crippen molar-refractivity contribution in [3.8, 4) is 0 Å². The Morgan fingerprint density at radius 2 is 1.91 bits per heavy atom. The molecule has 1 amide bonds. The zero-order valence-corrected chi connectivity index (χ0v) is 14.2. The predicted molar refractivity (Wildman–Crippen MR) is 90.2 cm³/mol. The Bertz CT molecular complexity index is 514. The molecule has 0 spiro atoms. The maximum absolute atomic E-state index is 12.5. The van der Waals surface area contributed by atoms with E-state index in [0.717, 1.165) is 38.2 Å². The van der Waals surface area contributed by atoms with Crippen LogP contribution in [0.4, 0.5) is 0 Å². The molecule has 1 saturated heterocycles. The lowest BCUT2D eigenvalue weighted by atomic mass is 9.94. The number of nitrogens with two attached hydrogens (primary N) is 1. The minimum atomic E-state index is 0.00321. The first-order valence-electron chi connectivity index (χ1n) is 8.97. The molecule has 2 aliphatic rings. The lowest BCUT2D eigenvalue weighted by Gasteiger charge is -2.30. The molecule has 0 atom stereocenters. The van der Waals surface area contributed by atoms with Gasteiger partial charge in [0.2, 0.25) is 0 Å². The Balaban J connectivity index is 1.55. The summed E-state index contributed by atoms with van der Waals surface area (Å²) in [6, 6.07) is 4.65. The summed E-state index contributed by atoms with van der Waals surface area (Å²) in [6.45, 7) is 2.25. The number of carbonyl (C=O) groups is 1. The number of piperidine rings is 1. The summed E-state index contributed by atoms with van der Waals surface area (Å²) in [6.07, 6.45) is 8.33. The van der Waals surface area contributed by atoms with E-state index in [9.17, 15) is 4.79 Å². The van der Waals surface area contributed by atoms with Crippen LogP contribution in [0, 0.1) is 0 Å². The number of amides is 1. The Kier molecular flexibility index (Phi) is 5.38. The number of nitrogens with zero attached hydrogens (tertiary/aromatic N) is 2. The van der Waals surface area contributed by atoms with Gasteiger partial charge in [0, 0.05) is 25.2 Å². The molecule has 2 fully saturated rings.